The first-order valence-electron chi connectivity index (χ1n) is 12.3. The van der Waals surface area contributed by atoms with Crippen molar-refractivity contribution in [1.82, 2.24) is 10.3 Å². The number of hydrogen-bond donors (Lipinski definition) is 2. The van der Waals surface area contributed by atoms with Crippen LogP contribution in [0.15, 0.2) is 79.0 Å². The van der Waals surface area contributed by atoms with Crippen LogP contribution in [0.25, 0.3) is 10.9 Å². The van der Waals surface area contributed by atoms with E-state index in [0.717, 1.165) is 22.9 Å². The number of rotatable bonds is 11. The fourth-order valence-corrected chi connectivity index (χ4v) is 4.09. The SMILES string of the molecule is COc1cc2nccc(Oc3ccc(NC(=O)[C@H](CC(C)C)NCc4ccccc4)cc3)c2cc1OC. The number of anilines is 1. The second kappa shape index (κ2) is 12.2. The topological polar surface area (TPSA) is 81.7 Å². The molecular weight excluding hydrogens is 466 g/mol. The molecule has 0 spiro atoms. The van der Waals surface area contributed by atoms with Crippen LogP contribution >= 0.6 is 0 Å². The molecule has 0 radical (unpaired) electrons. The molecule has 0 aliphatic carbocycles. The van der Waals surface area contributed by atoms with Gasteiger partial charge in [0.05, 0.1) is 25.8 Å². The zero-order valence-electron chi connectivity index (χ0n) is 21.7. The first-order chi connectivity index (χ1) is 18.0. The average molecular weight is 500 g/mol. The van der Waals surface area contributed by atoms with Crippen molar-refractivity contribution in [2.75, 3.05) is 19.5 Å². The van der Waals surface area contributed by atoms with Gasteiger partial charge in [-0.3, -0.25) is 9.78 Å². The second-order valence-electron chi connectivity index (χ2n) is 9.20. The van der Waals surface area contributed by atoms with Crippen LogP contribution in [0.5, 0.6) is 23.0 Å². The third kappa shape index (κ3) is 6.77. The van der Waals surface area contributed by atoms with Crippen LogP contribution in [-0.4, -0.2) is 31.2 Å². The summed E-state index contributed by atoms with van der Waals surface area (Å²) in [7, 11) is 3.19. The zero-order chi connectivity index (χ0) is 26.2. The molecule has 7 heteroatoms. The number of pyridine rings is 1. The van der Waals surface area contributed by atoms with Crippen LogP contribution in [-0.2, 0) is 11.3 Å². The quantitative estimate of drug-likeness (QED) is 0.256. The summed E-state index contributed by atoms with van der Waals surface area (Å²) in [5, 5.41) is 7.24. The van der Waals surface area contributed by atoms with Gasteiger partial charge >= 0.3 is 0 Å². The molecule has 0 unspecified atom stereocenters. The Balaban J connectivity index is 1.44. The fourth-order valence-electron chi connectivity index (χ4n) is 4.09. The highest BCUT2D eigenvalue weighted by molar-refractivity contribution is 5.95. The summed E-state index contributed by atoms with van der Waals surface area (Å²) < 4.78 is 17.0. The van der Waals surface area contributed by atoms with Gasteiger partial charge in [-0.1, -0.05) is 44.2 Å². The fraction of sp³-hybridized carbons (Fsp3) is 0.267. The van der Waals surface area contributed by atoms with Crippen molar-refractivity contribution < 1.29 is 19.0 Å². The Morgan fingerprint density at radius 1 is 0.892 bits per heavy atom. The highest BCUT2D eigenvalue weighted by atomic mass is 16.5. The van der Waals surface area contributed by atoms with Crippen molar-refractivity contribution in [2.45, 2.75) is 32.9 Å². The van der Waals surface area contributed by atoms with Crippen molar-refractivity contribution in [2.24, 2.45) is 5.92 Å². The van der Waals surface area contributed by atoms with Gasteiger partial charge < -0.3 is 24.8 Å². The summed E-state index contributed by atoms with van der Waals surface area (Å²) >= 11 is 0. The minimum atomic E-state index is -0.300. The van der Waals surface area contributed by atoms with E-state index < -0.39 is 0 Å². The van der Waals surface area contributed by atoms with E-state index in [-0.39, 0.29) is 11.9 Å². The van der Waals surface area contributed by atoms with Crippen molar-refractivity contribution in [1.29, 1.82) is 0 Å². The molecule has 0 bridgehead atoms. The number of aromatic nitrogens is 1. The van der Waals surface area contributed by atoms with E-state index >= 15 is 0 Å². The zero-order valence-corrected chi connectivity index (χ0v) is 21.7. The highest BCUT2D eigenvalue weighted by Gasteiger charge is 2.19. The van der Waals surface area contributed by atoms with Crippen LogP contribution < -0.4 is 24.8 Å². The van der Waals surface area contributed by atoms with Crippen molar-refractivity contribution >= 4 is 22.5 Å². The summed E-state index contributed by atoms with van der Waals surface area (Å²) in [6.07, 6.45) is 2.43. The van der Waals surface area contributed by atoms with E-state index in [1.165, 1.54) is 0 Å². The molecule has 1 atom stereocenters. The number of benzene rings is 3. The maximum atomic E-state index is 13.1. The number of nitrogens with zero attached hydrogens (tertiary/aromatic N) is 1. The van der Waals surface area contributed by atoms with E-state index in [1.54, 1.807) is 26.5 Å². The lowest BCUT2D eigenvalue weighted by atomic mass is 10.0. The van der Waals surface area contributed by atoms with Crippen LogP contribution in [0.2, 0.25) is 0 Å². The molecule has 2 N–H and O–H groups in total. The molecule has 1 aromatic heterocycles. The van der Waals surface area contributed by atoms with Gasteiger partial charge in [-0.25, -0.2) is 0 Å². The largest absolute Gasteiger partial charge is 0.493 e. The molecule has 4 aromatic rings. The Kier molecular flexibility index (Phi) is 8.59. The maximum Gasteiger partial charge on any atom is 0.241 e. The Hall–Kier alpha value is -4.10. The number of amides is 1. The van der Waals surface area contributed by atoms with Crippen LogP contribution in [0, 0.1) is 5.92 Å². The lowest BCUT2D eigenvalue weighted by Crippen LogP contribution is -2.41. The average Bonchev–Trinajstić information content (AvgIpc) is 2.91. The number of nitrogens with one attached hydrogen (secondary N) is 2. The molecule has 0 aliphatic heterocycles. The monoisotopic (exact) mass is 499 g/mol. The van der Waals surface area contributed by atoms with Crippen LogP contribution in [0.3, 0.4) is 0 Å². The number of ether oxygens (including phenoxy) is 3. The Morgan fingerprint density at radius 2 is 1.59 bits per heavy atom. The Bertz CT molecular complexity index is 1320. The number of hydrogen-bond acceptors (Lipinski definition) is 6. The van der Waals surface area contributed by atoms with Gasteiger partial charge in [-0.05, 0) is 54.3 Å². The van der Waals surface area contributed by atoms with Crippen LogP contribution in [0.1, 0.15) is 25.8 Å². The molecule has 0 fully saturated rings. The smallest absolute Gasteiger partial charge is 0.241 e. The Labute approximate surface area is 217 Å². The molecule has 0 aliphatic rings. The van der Waals surface area contributed by atoms with Gasteiger partial charge in [0.15, 0.2) is 11.5 Å². The van der Waals surface area contributed by atoms with Gasteiger partial charge in [0.1, 0.15) is 11.5 Å². The van der Waals surface area contributed by atoms with E-state index in [0.29, 0.717) is 41.1 Å². The van der Waals surface area contributed by atoms with E-state index in [1.807, 2.05) is 54.6 Å². The molecule has 3 aromatic carbocycles. The van der Waals surface area contributed by atoms with Gasteiger partial charge in [0.2, 0.25) is 5.91 Å². The van der Waals surface area contributed by atoms with E-state index in [4.69, 9.17) is 14.2 Å². The molecule has 192 valence electrons. The standard InChI is InChI=1S/C30H33N3O4/c1-20(2)16-26(32-19-21-8-6-5-7-9-21)30(34)33-22-10-12-23(13-11-22)37-27-14-15-31-25-18-29(36-4)28(35-3)17-24(25)27/h5-15,17-18,20,26,32H,16,19H2,1-4H3,(H,33,34)/t26-/m0/s1. The lowest BCUT2D eigenvalue weighted by molar-refractivity contribution is -0.118. The van der Waals surface area contributed by atoms with Gasteiger partial charge in [0, 0.05) is 29.9 Å². The minimum absolute atomic E-state index is 0.0560. The lowest BCUT2D eigenvalue weighted by Gasteiger charge is -2.20. The molecule has 0 saturated heterocycles. The van der Waals surface area contributed by atoms with Gasteiger partial charge in [-0.15, -0.1) is 0 Å². The summed E-state index contributed by atoms with van der Waals surface area (Å²) in [6, 6.07) is 22.6. The number of methoxy groups -OCH3 is 2. The first kappa shape index (κ1) is 26.0. The number of carbonyl (C=O) groups excluding carboxylic acids is 1. The molecule has 7 nitrogen and oxygen atoms in total. The van der Waals surface area contributed by atoms with Crippen molar-refractivity contribution in [3.63, 3.8) is 0 Å². The maximum absolute atomic E-state index is 13.1. The third-order valence-electron chi connectivity index (χ3n) is 5.98. The number of fused-ring (bicyclic) bond motifs is 1. The predicted octanol–water partition coefficient (Wildman–Crippen LogP) is 6.19. The summed E-state index contributed by atoms with van der Waals surface area (Å²) in [4.78, 5) is 17.5. The summed E-state index contributed by atoms with van der Waals surface area (Å²) in [5.74, 6) is 2.81. The highest BCUT2D eigenvalue weighted by Crippen LogP contribution is 2.37. The van der Waals surface area contributed by atoms with E-state index in [9.17, 15) is 4.79 Å². The normalized spacial score (nSPS) is 11.8. The predicted molar refractivity (Wildman–Crippen MR) is 147 cm³/mol. The Morgan fingerprint density at radius 3 is 2.27 bits per heavy atom. The molecule has 0 saturated carbocycles. The van der Waals surface area contributed by atoms with Crippen LogP contribution in [0.4, 0.5) is 5.69 Å². The van der Waals surface area contributed by atoms with Crippen molar-refractivity contribution in [3.8, 4) is 23.0 Å². The molecule has 4 rings (SSSR count). The summed E-state index contributed by atoms with van der Waals surface area (Å²) in [6.45, 7) is 4.87. The molecule has 37 heavy (non-hydrogen) atoms. The summed E-state index contributed by atoms with van der Waals surface area (Å²) in [5.41, 5.74) is 2.59. The minimum Gasteiger partial charge on any atom is -0.493 e. The second-order valence-corrected chi connectivity index (χ2v) is 9.20. The molecule has 1 amide bonds. The van der Waals surface area contributed by atoms with Gasteiger partial charge in [0.25, 0.3) is 0 Å². The molecule has 1 heterocycles. The van der Waals surface area contributed by atoms with Crippen molar-refractivity contribution in [3.05, 3.63) is 84.6 Å². The first-order valence-corrected chi connectivity index (χ1v) is 12.3. The molecular formula is C30H33N3O4. The van der Waals surface area contributed by atoms with Gasteiger partial charge in [-0.2, -0.15) is 0 Å². The van der Waals surface area contributed by atoms with E-state index in [2.05, 4.69) is 41.6 Å². The number of carbonyl (C=O) groups is 1. The third-order valence-corrected chi connectivity index (χ3v) is 5.98.